The van der Waals surface area contributed by atoms with Crippen LogP contribution in [0.15, 0.2) is 24.4 Å². The molecule has 0 aliphatic rings. The molecule has 0 bridgehead atoms. The quantitative estimate of drug-likeness (QED) is 0.478. The van der Waals surface area contributed by atoms with E-state index in [1.807, 2.05) is 0 Å². The number of ether oxygens (including phenoxy) is 1. The van der Waals surface area contributed by atoms with Crippen molar-refractivity contribution in [2.45, 2.75) is 0 Å². The summed E-state index contributed by atoms with van der Waals surface area (Å²) in [4.78, 5) is 27.2. The summed E-state index contributed by atoms with van der Waals surface area (Å²) in [6.07, 6.45) is 0.834. The fourth-order valence-electron chi connectivity index (χ4n) is 1.36. The molecule has 0 unspecified atom stereocenters. The van der Waals surface area contributed by atoms with Gasteiger partial charge in [-0.1, -0.05) is 11.6 Å². The molecule has 0 aliphatic carbocycles. The first-order valence-electron chi connectivity index (χ1n) is 5.17. The molecule has 0 amide bonds. The largest absolute Gasteiger partial charge is 0.426 e. The Labute approximate surface area is 126 Å². The summed E-state index contributed by atoms with van der Waals surface area (Å²) in [5, 5.41) is 21.6. The van der Waals surface area contributed by atoms with E-state index in [1.165, 1.54) is 6.07 Å². The molecule has 0 saturated heterocycles. The highest BCUT2D eigenvalue weighted by atomic mass is 35.5. The van der Waals surface area contributed by atoms with Gasteiger partial charge in [0.05, 0.1) is 9.85 Å². The van der Waals surface area contributed by atoms with Gasteiger partial charge < -0.3 is 4.74 Å². The Hall–Kier alpha value is -2.52. The van der Waals surface area contributed by atoms with Gasteiger partial charge in [-0.2, -0.15) is 4.98 Å². The predicted molar refractivity (Wildman–Crippen MR) is 71.9 cm³/mol. The zero-order valence-corrected chi connectivity index (χ0v) is 11.4. The zero-order chi connectivity index (χ0) is 15.6. The van der Waals surface area contributed by atoms with Crippen molar-refractivity contribution in [2.24, 2.45) is 0 Å². The van der Waals surface area contributed by atoms with Crippen molar-refractivity contribution in [1.82, 2.24) is 9.97 Å². The maximum Gasteiger partial charge on any atom is 0.349 e. The van der Waals surface area contributed by atoms with Crippen LogP contribution in [0.3, 0.4) is 0 Å². The third-order valence-corrected chi connectivity index (χ3v) is 2.65. The standard InChI is InChI=1S/C10H4Cl2N4O5/c11-5-1-2-6(15(17)18)8(3-5)21-9-7(16(19)20)4-13-10(12)14-9/h1-4H. The Morgan fingerprint density at radius 2 is 1.76 bits per heavy atom. The lowest BCUT2D eigenvalue weighted by atomic mass is 10.3. The topological polar surface area (TPSA) is 121 Å². The van der Waals surface area contributed by atoms with Crippen molar-refractivity contribution in [1.29, 1.82) is 0 Å². The molecule has 1 aromatic carbocycles. The van der Waals surface area contributed by atoms with Crippen molar-refractivity contribution >= 4 is 34.6 Å². The van der Waals surface area contributed by atoms with Crippen LogP contribution in [0.4, 0.5) is 11.4 Å². The molecule has 0 spiro atoms. The van der Waals surface area contributed by atoms with Gasteiger partial charge in [-0.25, -0.2) is 4.98 Å². The molecule has 108 valence electrons. The molecule has 0 fully saturated rings. The van der Waals surface area contributed by atoms with Gasteiger partial charge in [0.2, 0.25) is 11.0 Å². The molecule has 1 heterocycles. The van der Waals surface area contributed by atoms with Gasteiger partial charge in [-0.15, -0.1) is 0 Å². The van der Waals surface area contributed by atoms with E-state index < -0.39 is 27.1 Å². The second-order valence-electron chi connectivity index (χ2n) is 3.56. The summed E-state index contributed by atoms with van der Waals surface area (Å²) in [6.45, 7) is 0. The third-order valence-electron chi connectivity index (χ3n) is 2.23. The Kier molecular flexibility index (Phi) is 4.15. The predicted octanol–water partition coefficient (Wildman–Crippen LogP) is 3.39. The van der Waals surface area contributed by atoms with Crippen LogP contribution in [0, 0.1) is 20.2 Å². The SMILES string of the molecule is O=[N+]([O-])c1ccc(Cl)cc1Oc1nc(Cl)ncc1[N+](=O)[O-]. The molecule has 21 heavy (non-hydrogen) atoms. The monoisotopic (exact) mass is 330 g/mol. The van der Waals surface area contributed by atoms with Gasteiger partial charge >= 0.3 is 17.3 Å². The average Bonchev–Trinajstić information content (AvgIpc) is 2.38. The second-order valence-corrected chi connectivity index (χ2v) is 4.33. The van der Waals surface area contributed by atoms with Crippen LogP contribution in [0.2, 0.25) is 10.3 Å². The van der Waals surface area contributed by atoms with E-state index in [9.17, 15) is 20.2 Å². The Morgan fingerprint density at radius 1 is 1.10 bits per heavy atom. The highest BCUT2D eigenvalue weighted by Gasteiger charge is 2.23. The molecule has 0 saturated carbocycles. The van der Waals surface area contributed by atoms with E-state index in [0.717, 1.165) is 18.3 Å². The number of aromatic nitrogens is 2. The first-order valence-corrected chi connectivity index (χ1v) is 5.93. The number of benzene rings is 1. The van der Waals surface area contributed by atoms with Gasteiger partial charge in [0.1, 0.15) is 6.20 Å². The van der Waals surface area contributed by atoms with E-state index >= 15 is 0 Å². The number of nitrogens with zero attached hydrogens (tertiary/aromatic N) is 4. The first-order chi connectivity index (χ1) is 9.88. The summed E-state index contributed by atoms with van der Waals surface area (Å²) in [5.41, 5.74) is -1.02. The molecule has 0 N–H and O–H groups in total. The Bertz CT molecular complexity index is 678. The highest BCUT2D eigenvalue weighted by molar-refractivity contribution is 6.30. The Morgan fingerprint density at radius 3 is 2.38 bits per heavy atom. The van der Waals surface area contributed by atoms with E-state index in [4.69, 9.17) is 27.9 Å². The summed E-state index contributed by atoms with van der Waals surface area (Å²) < 4.78 is 5.12. The van der Waals surface area contributed by atoms with Crippen LogP contribution in [0.5, 0.6) is 11.6 Å². The smallest absolute Gasteiger partial charge is 0.349 e. The lowest BCUT2D eigenvalue weighted by Crippen LogP contribution is -1.99. The summed E-state index contributed by atoms with van der Waals surface area (Å²) in [7, 11) is 0. The van der Waals surface area contributed by atoms with Crippen LogP contribution in [0.25, 0.3) is 0 Å². The third kappa shape index (κ3) is 3.33. The fraction of sp³-hybridized carbons (Fsp3) is 0. The van der Waals surface area contributed by atoms with E-state index in [2.05, 4.69) is 9.97 Å². The second kappa shape index (κ2) is 5.85. The van der Waals surface area contributed by atoms with Crippen LogP contribution < -0.4 is 4.74 Å². The molecular weight excluding hydrogens is 327 g/mol. The number of nitro groups is 2. The average molecular weight is 331 g/mol. The first kappa shape index (κ1) is 14.9. The van der Waals surface area contributed by atoms with E-state index in [-0.39, 0.29) is 16.1 Å². The van der Waals surface area contributed by atoms with Crippen LogP contribution >= 0.6 is 23.2 Å². The summed E-state index contributed by atoms with van der Waals surface area (Å²) >= 11 is 11.3. The Balaban J connectivity index is 2.52. The number of nitro benzene ring substituents is 1. The number of halogens is 2. The fourth-order valence-corrected chi connectivity index (χ4v) is 1.65. The van der Waals surface area contributed by atoms with Gasteiger partial charge in [0.25, 0.3) is 0 Å². The minimum absolute atomic E-state index is 0.151. The lowest BCUT2D eigenvalue weighted by Gasteiger charge is -2.06. The zero-order valence-electron chi connectivity index (χ0n) is 9.90. The van der Waals surface area contributed by atoms with Crippen molar-refractivity contribution < 1.29 is 14.6 Å². The van der Waals surface area contributed by atoms with Gasteiger partial charge in [-0.05, 0) is 17.7 Å². The highest BCUT2D eigenvalue weighted by Crippen LogP contribution is 2.36. The number of rotatable bonds is 4. The van der Waals surface area contributed by atoms with Crippen molar-refractivity contribution in [3.8, 4) is 11.6 Å². The lowest BCUT2D eigenvalue weighted by molar-refractivity contribution is -0.387. The molecule has 0 atom stereocenters. The van der Waals surface area contributed by atoms with E-state index in [1.54, 1.807) is 0 Å². The van der Waals surface area contributed by atoms with Crippen LogP contribution in [-0.2, 0) is 0 Å². The summed E-state index contributed by atoms with van der Waals surface area (Å²) in [5.74, 6) is -0.823. The van der Waals surface area contributed by atoms with Crippen LogP contribution in [0.1, 0.15) is 0 Å². The molecule has 9 nitrogen and oxygen atoms in total. The van der Waals surface area contributed by atoms with Crippen molar-refractivity contribution in [3.63, 3.8) is 0 Å². The number of hydrogen-bond acceptors (Lipinski definition) is 7. The van der Waals surface area contributed by atoms with Crippen molar-refractivity contribution in [2.75, 3.05) is 0 Å². The van der Waals surface area contributed by atoms with Gasteiger partial charge in [0.15, 0.2) is 0 Å². The minimum atomic E-state index is -0.804. The van der Waals surface area contributed by atoms with Crippen molar-refractivity contribution in [3.05, 3.63) is 54.9 Å². The molecule has 2 aromatic rings. The summed E-state index contributed by atoms with van der Waals surface area (Å²) in [6, 6.07) is 3.53. The van der Waals surface area contributed by atoms with E-state index in [0.29, 0.717) is 0 Å². The molecular formula is C10H4Cl2N4O5. The molecule has 1 aromatic heterocycles. The molecule has 0 radical (unpaired) electrons. The van der Waals surface area contributed by atoms with Crippen LogP contribution in [-0.4, -0.2) is 19.8 Å². The maximum absolute atomic E-state index is 10.9. The van der Waals surface area contributed by atoms with Gasteiger partial charge in [-0.3, -0.25) is 20.2 Å². The van der Waals surface area contributed by atoms with Gasteiger partial charge in [0, 0.05) is 17.2 Å². The molecule has 11 heteroatoms. The maximum atomic E-state index is 10.9. The normalized spacial score (nSPS) is 10.2. The molecule has 2 rings (SSSR count). The minimum Gasteiger partial charge on any atom is -0.426 e. The number of hydrogen-bond donors (Lipinski definition) is 0. The molecule has 0 aliphatic heterocycles.